The maximum atomic E-state index is 5.34. The summed E-state index contributed by atoms with van der Waals surface area (Å²) < 4.78 is 7.34. The molecule has 7 heteroatoms. The predicted octanol–water partition coefficient (Wildman–Crippen LogP) is 3.68. The van der Waals surface area contributed by atoms with Crippen LogP contribution in [0.1, 0.15) is 24.2 Å². The van der Waals surface area contributed by atoms with Crippen LogP contribution in [-0.2, 0) is 18.7 Å². The quantitative estimate of drug-likeness (QED) is 0.482. The van der Waals surface area contributed by atoms with Gasteiger partial charge in [0.05, 0.1) is 5.75 Å². The molecule has 3 rings (SSSR count). The van der Waals surface area contributed by atoms with Crippen LogP contribution >= 0.6 is 11.8 Å². The van der Waals surface area contributed by atoms with E-state index in [1.54, 1.807) is 0 Å². The van der Waals surface area contributed by atoms with Crippen LogP contribution in [0.15, 0.2) is 46.6 Å². The van der Waals surface area contributed by atoms with Crippen LogP contribution in [-0.4, -0.2) is 24.9 Å². The van der Waals surface area contributed by atoms with Crippen LogP contribution in [0.3, 0.4) is 0 Å². The highest BCUT2D eigenvalue weighted by Gasteiger charge is 2.12. The first-order valence-corrected chi connectivity index (χ1v) is 8.75. The summed E-state index contributed by atoms with van der Waals surface area (Å²) in [5.74, 6) is 2.59. The molecule has 0 radical (unpaired) electrons. The monoisotopic (exact) mass is 341 g/mol. The Morgan fingerprint density at radius 3 is 2.75 bits per heavy atom. The first-order chi connectivity index (χ1) is 11.7. The van der Waals surface area contributed by atoms with Gasteiger partial charge in [-0.25, -0.2) is 0 Å². The standard InChI is InChI=1S/C17H19N5OS/c1-4-10-22-12(3)19-20-17(22)24-11-15-18-16(21-23-15)14-8-6-13(5-2)7-9-14/h4,6-9H,1,5,10-11H2,2-3H3. The maximum Gasteiger partial charge on any atom is 0.237 e. The molecule has 0 aliphatic carbocycles. The summed E-state index contributed by atoms with van der Waals surface area (Å²) in [5, 5.41) is 13.1. The lowest BCUT2D eigenvalue weighted by Crippen LogP contribution is -2.00. The Kier molecular flexibility index (Phi) is 5.10. The highest BCUT2D eigenvalue weighted by molar-refractivity contribution is 7.98. The number of hydrogen-bond donors (Lipinski definition) is 0. The van der Waals surface area contributed by atoms with E-state index in [9.17, 15) is 0 Å². The van der Waals surface area contributed by atoms with E-state index in [0.717, 1.165) is 23.0 Å². The normalized spacial score (nSPS) is 10.9. The molecule has 0 fully saturated rings. The van der Waals surface area contributed by atoms with Crippen molar-refractivity contribution >= 4 is 11.8 Å². The van der Waals surface area contributed by atoms with Gasteiger partial charge in [0.25, 0.3) is 0 Å². The van der Waals surface area contributed by atoms with E-state index in [1.807, 2.05) is 29.7 Å². The van der Waals surface area contributed by atoms with Gasteiger partial charge < -0.3 is 9.09 Å². The van der Waals surface area contributed by atoms with Crippen LogP contribution in [0.25, 0.3) is 11.4 Å². The Hall–Kier alpha value is -2.41. The molecule has 0 spiro atoms. The van der Waals surface area contributed by atoms with E-state index in [1.165, 1.54) is 17.3 Å². The minimum Gasteiger partial charge on any atom is -0.338 e. The Labute approximate surface area is 145 Å². The number of allylic oxidation sites excluding steroid dienone is 1. The predicted molar refractivity (Wildman–Crippen MR) is 93.6 cm³/mol. The first kappa shape index (κ1) is 16.4. The van der Waals surface area contributed by atoms with E-state index in [4.69, 9.17) is 4.52 Å². The van der Waals surface area contributed by atoms with Gasteiger partial charge in [-0.05, 0) is 18.9 Å². The van der Waals surface area contributed by atoms with Gasteiger partial charge in [-0.1, -0.05) is 54.2 Å². The number of nitrogens with zero attached hydrogens (tertiary/aromatic N) is 5. The van der Waals surface area contributed by atoms with Crippen LogP contribution in [0, 0.1) is 6.92 Å². The van der Waals surface area contributed by atoms with Crippen molar-refractivity contribution in [2.45, 2.75) is 37.7 Å². The number of rotatable bonds is 7. The minimum atomic E-state index is 0.551. The Balaban J connectivity index is 1.69. The molecule has 3 aromatic rings. The zero-order valence-corrected chi connectivity index (χ0v) is 14.6. The van der Waals surface area contributed by atoms with Crippen molar-refractivity contribution in [1.29, 1.82) is 0 Å². The van der Waals surface area contributed by atoms with Gasteiger partial charge in [0.2, 0.25) is 11.7 Å². The molecule has 0 saturated carbocycles. The molecule has 0 N–H and O–H groups in total. The third kappa shape index (κ3) is 3.56. The zero-order valence-electron chi connectivity index (χ0n) is 13.8. The Morgan fingerprint density at radius 1 is 1.25 bits per heavy atom. The molecular weight excluding hydrogens is 322 g/mol. The molecule has 2 aromatic heterocycles. The molecule has 0 bridgehead atoms. The van der Waals surface area contributed by atoms with E-state index in [-0.39, 0.29) is 0 Å². The van der Waals surface area contributed by atoms with Crippen LogP contribution in [0.5, 0.6) is 0 Å². The highest BCUT2D eigenvalue weighted by atomic mass is 32.2. The molecule has 0 amide bonds. The first-order valence-electron chi connectivity index (χ1n) is 7.76. The Bertz CT molecular complexity index is 822. The van der Waals surface area contributed by atoms with E-state index < -0.39 is 0 Å². The SMILES string of the molecule is C=CCn1c(C)nnc1SCc1nc(-c2ccc(CC)cc2)no1. The average Bonchev–Trinajstić information content (AvgIpc) is 3.21. The fourth-order valence-electron chi connectivity index (χ4n) is 2.25. The van der Waals surface area contributed by atoms with Crippen LogP contribution in [0.4, 0.5) is 0 Å². The largest absolute Gasteiger partial charge is 0.338 e. The summed E-state index contributed by atoms with van der Waals surface area (Å²) in [5.41, 5.74) is 2.24. The van der Waals surface area contributed by atoms with E-state index >= 15 is 0 Å². The summed E-state index contributed by atoms with van der Waals surface area (Å²) in [6.45, 7) is 8.49. The second-order valence-corrected chi connectivity index (χ2v) is 6.22. The van der Waals surface area contributed by atoms with Gasteiger partial charge >= 0.3 is 0 Å². The van der Waals surface area contributed by atoms with Gasteiger partial charge in [-0.15, -0.1) is 16.8 Å². The molecular formula is C17H19N5OS. The van der Waals surface area contributed by atoms with Gasteiger partial charge in [-0.3, -0.25) is 0 Å². The van der Waals surface area contributed by atoms with Crippen LogP contribution in [0.2, 0.25) is 0 Å². The summed E-state index contributed by atoms with van der Waals surface area (Å²) in [4.78, 5) is 4.46. The van der Waals surface area contributed by atoms with Crippen molar-refractivity contribution in [1.82, 2.24) is 24.9 Å². The van der Waals surface area contributed by atoms with Crippen molar-refractivity contribution in [3.8, 4) is 11.4 Å². The highest BCUT2D eigenvalue weighted by Crippen LogP contribution is 2.23. The van der Waals surface area contributed by atoms with Gasteiger partial charge in [0.15, 0.2) is 5.16 Å². The van der Waals surface area contributed by atoms with Gasteiger partial charge in [0.1, 0.15) is 5.82 Å². The number of hydrogen-bond acceptors (Lipinski definition) is 6. The molecule has 0 aliphatic rings. The third-order valence-electron chi connectivity index (χ3n) is 3.63. The van der Waals surface area contributed by atoms with Gasteiger partial charge in [-0.2, -0.15) is 4.98 Å². The molecule has 0 atom stereocenters. The fourth-order valence-corrected chi connectivity index (χ4v) is 3.09. The van der Waals surface area contributed by atoms with Crippen molar-refractivity contribution < 1.29 is 4.52 Å². The molecule has 0 saturated heterocycles. The number of aromatic nitrogens is 5. The zero-order chi connectivity index (χ0) is 16.9. The average molecular weight is 341 g/mol. The molecule has 0 aliphatic heterocycles. The molecule has 6 nitrogen and oxygen atoms in total. The lowest BCUT2D eigenvalue weighted by atomic mass is 10.1. The molecule has 1 aromatic carbocycles. The molecule has 0 unspecified atom stereocenters. The second kappa shape index (κ2) is 7.44. The summed E-state index contributed by atoms with van der Waals surface area (Å²) in [7, 11) is 0. The Morgan fingerprint density at radius 2 is 2.04 bits per heavy atom. The summed E-state index contributed by atoms with van der Waals surface area (Å²) >= 11 is 1.52. The van der Waals surface area contributed by atoms with Crippen molar-refractivity contribution in [2.75, 3.05) is 0 Å². The summed E-state index contributed by atoms with van der Waals surface area (Å²) in [6, 6.07) is 8.21. The molecule has 2 heterocycles. The maximum absolute atomic E-state index is 5.34. The third-order valence-corrected chi connectivity index (χ3v) is 4.58. The second-order valence-electron chi connectivity index (χ2n) is 5.28. The number of thioether (sulfide) groups is 1. The number of aryl methyl sites for hydroxylation is 2. The lowest BCUT2D eigenvalue weighted by molar-refractivity contribution is 0.391. The smallest absolute Gasteiger partial charge is 0.237 e. The minimum absolute atomic E-state index is 0.551. The van der Waals surface area contributed by atoms with Gasteiger partial charge in [0, 0.05) is 12.1 Å². The van der Waals surface area contributed by atoms with Crippen LogP contribution < -0.4 is 0 Å². The molecule has 24 heavy (non-hydrogen) atoms. The van der Waals surface area contributed by atoms with Crippen molar-refractivity contribution in [2.24, 2.45) is 0 Å². The van der Waals surface area contributed by atoms with Crippen molar-refractivity contribution in [3.63, 3.8) is 0 Å². The topological polar surface area (TPSA) is 69.6 Å². The molecule has 124 valence electrons. The number of benzene rings is 1. The van der Waals surface area contributed by atoms with Crippen molar-refractivity contribution in [3.05, 3.63) is 54.2 Å². The van der Waals surface area contributed by atoms with E-state index in [2.05, 4.69) is 46.0 Å². The fraction of sp³-hybridized carbons (Fsp3) is 0.294. The van der Waals surface area contributed by atoms with E-state index in [0.29, 0.717) is 24.0 Å². The lowest BCUT2D eigenvalue weighted by Gasteiger charge is -2.03. The summed E-state index contributed by atoms with van der Waals surface area (Å²) in [6.07, 6.45) is 2.84.